The third-order valence-corrected chi connectivity index (χ3v) is 6.18. The molecule has 0 unspecified atom stereocenters. The highest BCUT2D eigenvalue weighted by Gasteiger charge is 2.32. The number of alkyl halides is 3. The number of allylic oxidation sites excluding steroid dienone is 1. The van der Waals surface area contributed by atoms with Gasteiger partial charge >= 0.3 is 12.3 Å². The number of carbonyl (C=O) groups is 1. The standard InChI is InChI=1S/C28H27F3N4O3/c1-17(2)32-26(37)38-13-12-18-14-21(27(3,4)19-8-6-5-7-9-19)25(36)24(15-18)35-33-22-11-10-20(28(29,30)31)16-23(22)34-35/h5-11,14-16,36H,1,12-13H2,2-4H3,(H,32,37). The van der Waals surface area contributed by atoms with Crippen LogP contribution >= 0.6 is 0 Å². The van der Waals surface area contributed by atoms with Gasteiger partial charge in [0.05, 0.1) is 12.2 Å². The summed E-state index contributed by atoms with van der Waals surface area (Å²) in [5.41, 5.74) is 1.61. The highest BCUT2D eigenvalue weighted by atomic mass is 19.4. The molecule has 0 saturated heterocycles. The molecule has 4 aromatic rings. The van der Waals surface area contributed by atoms with Gasteiger partial charge in [-0.05, 0) is 42.3 Å². The van der Waals surface area contributed by atoms with E-state index in [1.165, 1.54) is 6.07 Å². The first kappa shape index (κ1) is 26.7. The molecule has 0 radical (unpaired) electrons. The van der Waals surface area contributed by atoms with Gasteiger partial charge in [-0.2, -0.15) is 13.2 Å². The molecule has 0 saturated carbocycles. The predicted octanol–water partition coefficient (Wildman–Crippen LogP) is 6.27. The van der Waals surface area contributed by atoms with Gasteiger partial charge in [-0.1, -0.05) is 56.8 Å². The Bertz CT molecular complexity index is 1490. The number of alkyl carbamates (subject to hydrolysis) is 1. The summed E-state index contributed by atoms with van der Waals surface area (Å²) in [4.78, 5) is 13.0. The summed E-state index contributed by atoms with van der Waals surface area (Å²) in [7, 11) is 0. The minimum Gasteiger partial charge on any atom is -0.505 e. The fraction of sp³-hybridized carbons (Fsp3) is 0.250. The van der Waals surface area contributed by atoms with E-state index in [2.05, 4.69) is 22.1 Å². The topological polar surface area (TPSA) is 89.3 Å². The number of halogens is 3. The summed E-state index contributed by atoms with van der Waals surface area (Å²) in [6.45, 7) is 9.17. The first-order chi connectivity index (χ1) is 17.9. The lowest BCUT2D eigenvalue weighted by atomic mass is 9.77. The summed E-state index contributed by atoms with van der Waals surface area (Å²) >= 11 is 0. The fourth-order valence-corrected chi connectivity index (χ4v) is 4.13. The highest BCUT2D eigenvalue weighted by molar-refractivity contribution is 5.75. The van der Waals surface area contributed by atoms with E-state index in [9.17, 15) is 23.1 Å². The number of phenolic OH excluding ortho intramolecular Hbond substituents is 1. The zero-order chi connectivity index (χ0) is 27.7. The average Bonchev–Trinajstić information content (AvgIpc) is 3.27. The smallest absolute Gasteiger partial charge is 0.416 e. The number of amides is 1. The van der Waals surface area contributed by atoms with Crippen molar-refractivity contribution in [3.05, 3.63) is 95.2 Å². The molecule has 2 N–H and O–H groups in total. The number of phenols is 1. The number of ether oxygens (including phenoxy) is 1. The van der Waals surface area contributed by atoms with E-state index in [1.54, 1.807) is 13.0 Å². The van der Waals surface area contributed by atoms with Gasteiger partial charge in [-0.25, -0.2) is 4.79 Å². The van der Waals surface area contributed by atoms with Crippen molar-refractivity contribution >= 4 is 17.1 Å². The van der Waals surface area contributed by atoms with Crippen LogP contribution in [0.15, 0.2) is 72.9 Å². The Morgan fingerprint density at radius 3 is 2.37 bits per heavy atom. The molecule has 0 bridgehead atoms. The van der Waals surface area contributed by atoms with Crippen molar-refractivity contribution < 1.29 is 27.8 Å². The number of rotatable bonds is 7. The highest BCUT2D eigenvalue weighted by Crippen LogP contribution is 2.41. The number of hydrogen-bond acceptors (Lipinski definition) is 5. The molecule has 1 heterocycles. The van der Waals surface area contributed by atoms with Crippen LogP contribution in [0.5, 0.6) is 5.75 Å². The van der Waals surface area contributed by atoms with Crippen LogP contribution in [0.3, 0.4) is 0 Å². The van der Waals surface area contributed by atoms with E-state index in [0.29, 0.717) is 23.2 Å². The van der Waals surface area contributed by atoms with Crippen molar-refractivity contribution in [2.75, 3.05) is 6.61 Å². The number of carbonyl (C=O) groups excluding carboxylic acids is 1. The summed E-state index contributed by atoms with van der Waals surface area (Å²) in [6.07, 6.45) is -4.86. The van der Waals surface area contributed by atoms with E-state index in [0.717, 1.165) is 22.5 Å². The largest absolute Gasteiger partial charge is 0.505 e. The van der Waals surface area contributed by atoms with Crippen LogP contribution in [0.1, 0.15) is 43.0 Å². The Morgan fingerprint density at radius 2 is 1.71 bits per heavy atom. The van der Waals surface area contributed by atoms with Gasteiger partial charge in [0.2, 0.25) is 0 Å². The van der Waals surface area contributed by atoms with Gasteiger partial charge in [-0.3, -0.25) is 5.32 Å². The molecule has 198 valence electrons. The summed E-state index contributed by atoms with van der Waals surface area (Å²) in [5.74, 6) is -0.111. The first-order valence-electron chi connectivity index (χ1n) is 11.8. The van der Waals surface area contributed by atoms with Gasteiger partial charge < -0.3 is 9.84 Å². The molecule has 38 heavy (non-hydrogen) atoms. The maximum absolute atomic E-state index is 13.2. The minimum atomic E-state index is -4.52. The molecule has 0 aliphatic carbocycles. The molecule has 0 aliphatic rings. The molecule has 4 rings (SSSR count). The van der Waals surface area contributed by atoms with Gasteiger partial charge in [0.1, 0.15) is 22.5 Å². The van der Waals surface area contributed by atoms with Crippen LogP contribution in [0.4, 0.5) is 18.0 Å². The van der Waals surface area contributed by atoms with Crippen LogP contribution < -0.4 is 5.32 Å². The van der Waals surface area contributed by atoms with E-state index < -0.39 is 23.2 Å². The van der Waals surface area contributed by atoms with Crippen LogP contribution in [0.25, 0.3) is 16.7 Å². The zero-order valence-electron chi connectivity index (χ0n) is 21.1. The number of aromatic hydroxyl groups is 1. The van der Waals surface area contributed by atoms with Crippen molar-refractivity contribution in [1.29, 1.82) is 0 Å². The van der Waals surface area contributed by atoms with Crippen molar-refractivity contribution in [2.45, 2.75) is 38.8 Å². The maximum atomic E-state index is 13.2. The Hall–Kier alpha value is -4.34. The lowest BCUT2D eigenvalue weighted by Crippen LogP contribution is -2.23. The molecule has 0 spiro atoms. The minimum absolute atomic E-state index is 0.0355. The number of nitrogens with zero attached hydrogens (tertiary/aromatic N) is 3. The summed E-state index contributed by atoms with van der Waals surface area (Å²) in [5, 5.41) is 22.4. The fourth-order valence-electron chi connectivity index (χ4n) is 4.13. The maximum Gasteiger partial charge on any atom is 0.416 e. The molecular weight excluding hydrogens is 497 g/mol. The molecular formula is C28H27F3N4O3. The second-order valence-electron chi connectivity index (χ2n) is 9.48. The van der Waals surface area contributed by atoms with Crippen LogP contribution in [0, 0.1) is 0 Å². The molecule has 10 heteroatoms. The van der Waals surface area contributed by atoms with Crippen molar-refractivity contribution in [3.63, 3.8) is 0 Å². The second-order valence-corrected chi connectivity index (χ2v) is 9.48. The molecule has 1 aromatic heterocycles. The Kier molecular flexibility index (Phi) is 7.17. The Morgan fingerprint density at radius 1 is 1.03 bits per heavy atom. The lowest BCUT2D eigenvalue weighted by Gasteiger charge is -2.28. The van der Waals surface area contributed by atoms with E-state index >= 15 is 0 Å². The molecule has 1 amide bonds. The zero-order valence-corrected chi connectivity index (χ0v) is 21.1. The summed E-state index contributed by atoms with van der Waals surface area (Å²) in [6, 6.07) is 16.1. The van der Waals surface area contributed by atoms with Gasteiger partial charge in [0, 0.05) is 23.1 Å². The SMILES string of the molecule is C=C(C)NC(=O)OCCc1cc(-n2nc3ccc(C(F)(F)F)cc3n2)c(O)c(C(C)(C)c2ccccc2)c1. The quantitative estimate of drug-likeness (QED) is 0.297. The predicted molar refractivity (Wildman–Crippen MR) is 137 cm³/mol. The third-order valence-electron chi connectivity index (χ3n) is 6.18. The summed E-state index contributed by atoms with van der Waals surface area (Å²) < 4.78 is 44.9. The molecule has 7 nitrogen and oxygen atoms in total. The third kappa shape index (κ3) is 5.64. The second kappa shape index (κ2) is 10.2. The van der Waals surface area contributed by atoms with Crippen LogP contribution in [0.2, 0.25) is 0 Å². The normalized spacial score (nSPS) is 11.9. The van der Waals surface area contributed by atoms with Crippen molar-refractivity contribution in [2.24, 2.45) is 0 Å². The van der Waals surface area contributed by atoms with Crippen LogP contribution in [-0.4, -0.2) is 32.8 Å². The average molecular weight is 525 g/mol. The van der Waals surface area contributed by atoms with Crippen LogP contribution in [-0.2, 0) is 22.7 Å². The van der Waals surface area contributed by atoms with Gasteiger partial charge in [0.25, 0.3) is 0 Å². The van der Waals surface area contributed by atoms with Gasteiger partial charge in [-0.15, -0.1) is 15.0 Å². The van der Waals surface area contributed by atoms with Crippen molar-refractivity contribution in [3.8, 4) is 11.4 Å². The van der Waals surface area contributed by atoms with E-state index in [-0.39, 0.29) is 29.1 Å². The number of nitrogens with one attached hydrogen (secondary N) is 1. The molecule has 0 aliphatic heterocycles. The Labute approximate surface area is 217 Å². The number of fused-ring (bicyclic) bond motifs is 1. The Balaban J connectivity index is 1.78. The first-order valence-corrected chi connectivity index (χ1v) is 11.8. The van der Waals surface area contributed by atoms with Crippen molar-refractivity contribution in [1.82, 2.24) is 20.3 Å². The monoisotopic (exact) mass is 524 g/mol. The molecule has 3 aromatic carbocycles. The van der Waals surface area contributed by atoms with Gasteiger partial charge in [0.15, 0.2) is 0 Å². The lowest BCUT2D eigenvalue weighted by molar-refractivity contribution is -0.137. The van der Waals surface area contributed by atoms with E-state index in [4.69, 9.17) is 4.74 Å². The molecule has 0 fully saturated rings. The molecule has 0 atom stereocenters. The van der Waals surface area contributed by atoms with E-state index in [1.807, 2.05) is 50.2 Å². The number of hydrogen-bond donors (Lipinski definition) is 2. The number of benzene rings is 3. The number of aromatic nitrogens is 3.